The zero-order valence-electron chi connectivity index (χ0n) is 14.8. The van der Waals surface area contributed by atoms with Crippen molar-refractivity contribution in [3.8, 4) is 11.8 Å². The normalized spacial score (nSPS) is 14.9. The van der Waals surface area contributed by atoms with Gasteiger partial charge in [-0.25, -0.2) is 4.79 Å². The van der Waals surface area contributed by atoms with E-state index in [4.69, 9.17) is 4.74 Å². The van der Waals surface area contributed by atoms with Crippen LogP contribution >= 0.6 is 45.2 Å². The van der Waals surface area contributed by atoms with Crippen molar-refractivity contribution < 1.29 is 14.3 Å². The number of hydrogen-bond acceptors (Lipinski definition) is 4. The van der Waals surface area contributed by atoms with Gasteiger partial charge < -0.3 is 10.1 Å². The molecule has 0 spiro atoms. The van der Waals surface area contributed by atoms with E-state index in [-0.39, 0.29) is 18.2 Å². The third-order valence-electron chi connectivity index (χ3n) is 4.12. The molecule has 2 aromatic carbocycles. The van der Waals surface area contributed by atoms with Crippen molar-refractivity contribution in [3.63, 3.8) is 0 Å². The lowest BCUT2D eigenvalue weighted by Crippen LogP contribution is -2.30. The second-order valence-electron chi connectivity index (χ2n) is 5.91. The molecule has 1 aliphatic rings. The molecule has 3 rings (SSSR count). The van der Waals surface area contributed by atoms with Crippen molar-refractivity contribution in [1.29, 1.82) is 5.26 Å². The van der Waals surface area contributed by atoms with Crippen LogP contribution in [0.2, 0.25) is 0 Å². The lowest BCUT2D eigenvalue weighted by atomic mass is 10.1. The molecule has 2 aromatic rings. The highest BCUT2D eigenvalue weighted by atomic mass is 127. The number of nitriles is 1. The predicted octanol–water partition coefficient (Wildman–Crippen LogP) is 4.26. The highest BCUT2D eigenvalue weighted by molar-refractivity contribution is 14.1. The SMILES string of the molecule is CCN1C(=O)N/C(=C/c2cc(I)c(OCc3ccccc3C#N)c(I)c2)C1=O. The summed E-state index contributed by atoms with van der Waals surface area (Å²) in [6.07, 6.45) is 1.66. The summed E-state index contributed by atoms with van der Waals surface area (Å²) in [5.41, 5.74) is 2.46. The van der Waals surface area contributed by atoms with Gasteiger partial charge in [-0.05, 0) is 81.9 Å². The molecule has 0 bridgehead atoms. The molecule has 1 heterocycles. The maximum atomic E-state index is 12.2. The quantitative estimate of drug-likeness (QED) is 0.317. The van der Waals surface area contributed by atoms with Crippen molar-refractivity contribution in [3.05, 3.63) is 65.9 Å². The Labute approximate surface area is 189 Å². The fourth-order valence-corrected chi connectivity index (χ4v) is 4.86. The van der Waals surface area contributed by atoms with Gasteiger partial charge in [-0.1, -0.05) is 18.2 Å². The fourth-order valence-electron chi connectivity index (χ4n) is 2.73. The molecule has 1 N–H and O–H groups in total. The van der Waals surface area contributed by atoms with Gasteiger partial charge in [0, 0.05) is 12.1 Å². The maximum Gasteiger partial charge on any atom is 0.328 e. The second kappa shape index (κ2) is 8.91. The first kappa shape index (κ1) is 20.6. The van der Waals surface area contributed by atoms with Gasteiger partial charge in [0.25, 0.3) is 5.91 Å². The first-order chi connectivity index (χ1) is 13.4. The molecule has 1 aliphatic heterocycles. The van der Waals surface area contributed by atoms with Crippen molar-refractivity contribution in [2.75, 3.05) is 6.54 Å². The van der Waals surface area contributed by atoms with Crippen molar-refractivity contribution in [2.24, 2.45) is 0 Å². The fraction of sp³-hybridized carbons (Fsp3) is 0.150. The van der Waals surface area contributed by atoms with E-state index in [0.717, 1.165) is 23.2 Å². The smallest absolute Gasteiger partial charge is 0.328 e. The number of imide groups is 1. The van der Waals surface area contributed by atoms with Gasteiger partial charge in [0.2, 0.25) is 0 Å². The monoisotopic (exact) mass is 599 g/mol. The van der Waals surface area contributed by atoms with Crippen LogP contribution in [0.1, 0.15) is 23.6 Å². The van der Waals surface area contributed by atoms with Crippen LogP contribution in [0.5, 0.6) is 5.75 Å². The molecule has 0 saturated carbocycles. The average Bonchev–Trinajstić information content (AvgIpc) is 2.94. The van der Waals surface area contributed by atoms with Crippen LogP contribution in [-0.2, 0) is 11.4 Å². The highest BCUT2D eigenvalue weighted by Crippen LogP contribution is 2.31. The minimum absolute atomic E-state index is 0.259. The second-order valence-corrected chi connectivity index (χ2v) is 8.23. The van der Waals surface area contributed by atoms with Crippen LogP contribution in [-0.4, -0.2) is 23.4 Å². The van der Waals surface area contributed by atoms with Crippen molar-refractivity contribution >= 4 is 63.2 Å². The highest BCUT2D eigenvalue weighted by Gasteiger charge is 2.32. The summed E-state index contributed by atoms with van der Waals surface area (Å²) in [5, 5.41) is 11.8. The van der Waals surface area contributed by atoms with Crippen molar-refractivity contribution in [2.45, 2.75) is 13.5 Å². The summed E-state index contributed by atoms with van der Waals surface area (Å²) >= 11 is 4.35. The number of likely N-dealkylation sites (N-methyl/N-ethyl adjacent to an activating group) is 1. The lowest BCUT2D eigenvalue weighted by molar-refractivity contribution is -0.122. The number of hydrogen-bond donors (Lipinski definition) is 1. The molecule has 1 saturated heterocycles. The van der Waals surface area contributed by atoms with E-state index in [1.165, 1.54) is 0 Å². The Morgan fingerprint density at radius 1 is 1.21 bits per heavy atom. The molecule has 6 nitrogen and oxygen atoms in total. The van der Waals surface area contributed by atoms with E-state index in [1.807, 2.05) is 30.3 Å². The van der Waals surface area contributed by atoms with Gasteiger partial charge in [0.1, 0.15) is 18.1 Å². The molecular formula is C20H15I2N3O3. The molecular weight excluding hydrogens is 584 g/mol. The number of halogens is 2. The summed E-state index contributed by atoms with van der Waals surface area (Å²) in [5.74, 6) is 0.388. The van der Waals surface area contributed by atoms with Crippen molar-refractivity contribution in [1.82, 2.24) is 10.2 Å². The summed E-state index contributed by atoms with van der Waals surface area (Å²) in [7, 11) is 0. The number of nitrogens with zero attached hydrogens (tertiary/aromatic N) is 2. The summed E-state index contributed by atoms with van der Waals surface area (Å²) in [6, 6.07) is 12.8. The van der Waals surface area contributed by atoms with E-state index < -0.39 is 6.03 Å². The van der Waals surface area contributed by atoms with Crippen LogP contribution in [0.15, 0.2) is 42.1 Å². The first-order valence-electron chi connectivity index (χ1n) is 8.39. The molecule has 0 atom stereocenters. The number of carbonyl (C=O) groups excluding carboxylic acids is 2. The molecule has 0 aliphatic carbocycles. The number of carbonyl (C=O) groups is 2. The molecule has 3 amide bonds. The van der Waals surface area contributed by atoms with Crippen LogP contribution in [0.3, 0.4) is 0 Å². The van der Waals surface area contributed by atoms with E-state index in [1.54, 1.807) is 19.1 Å². The Morgan fingerprint density at radius 2 is 1.89 bits per heavy atom. The number of benzene rings is 2. The molecule has 28 heavy (non-hydrogen) atoms. The zero-order chi connectivity index (χ0) is 20.3. The number of urea groups is 1. The summed E-state index contributed by atoms with van der Waals surface area (Å²) in [4.78, 5) is 25.2. The van der Waals surface area contributed by atoms with Gasteiger partial charge in [-0.3, -0.25) is 9.69 Å². The van der Waals surface area contributed by atoms with Gasteiger partial charge in [-0.15, -0.1) is 0 Å². The zero-order valence-corrected chi connectivity index (χ0v) is 19.1. The largest absolute Gasteiger partial charge is 0.487 e. The van der Waals surface area contributed by atoms with E-state index >= 15 is 0 Å². The van der Waals surface area contributed by atoms with E-state index in [9.17, 15) is 14.9 Å². The Bertz CT molecular complexity index is 1000. The van der Waals surface area contributed by atoms with Gasteiger partial charge >= 0.3 is 6.03 Å². The lowest BCUT2D eigenvalue weighted by Gasteiger charge is -2.12. The third kappa shape index (κ3) is 4.30. The van der Waals surface area contributed by atoms with Gasteiger partial charge in [-0.2, -0.15) is 5.26 Å². The van der Waals surface area contributed by atoms with Crippen LogP contribution < -0.4 is 10.1 Å². The molecule has 1 fully saturated rings. The maximum absolute atomic E-state index is 12.2. The van der Waals surface area contributed by atoms with Gasteiger partial charge in [0.15, 0.2) is 0 Å². The Morgan fingerprint density at radius 3 is 2.50 bits per heavy atom. The Kier molecular flexibility index (Phi) is 6.56. The predicted molar refractivity (Wildman–Crippen MR) is 121 cm³/mol. The molecule has 0 radical (unpaired) electrons. The number of amides is 3. The standard InChI is InChI=1S/C20H15I2N3O3/c1-2-25-19(26)17(24-20(25)27)9-12-7-15(21)18(16(22)8-12)28-11-14-6-4-3-5-13(14)10-23/h3-9H,2,11H2,1H3,(H,24,27)/b17-9+. The van der Waals surface area contributed by atoms with Gasteiger partial charge in [0.05, 0.1) is 18.8 Å². The number of nitrogens with one attached hydrogen (secondary N) is 1. The van der Waals surface area contributed by atoms with Crippen LogP contribution in [0.4, 0.5) is 4.79 Å². The molecule has 8 heteroatoms. The molecule has 0 unspecified atom stereocenters. The summed E-state index contributed by atoms with van der Waals surface area (Å²) in [6.45, 7) is 2.37. The van der Waals surface area contributed by atoms with E-state index in [2.05, 4.69) is 56.6 Å². The topological polar surface area (TPSA) is 82.4 Å². The Balaban J connectivity index is 1.82. The number of rotatable bonds is 5. The van der Waals surface area contributed by atoms with Crippen LogP contribution in [0, 0.1) is 18.5 Å². The first-order valence-corrected chi connectivity index (χ1v) is 10.5. The minimum Gasteiger partial charge on any atom is -0.487 e. The number of ether oxygens (including phenoxy) is 1. The van der Waals surface area contributed by atoms with Crippen LogP contribution in [0.25, 0.3) is 6.08 Å². The Hall–Kier alpha value is -2.13. The minimum atomic E-state index is -0.403. The van der Waals surface area contributed by atoms with E-state index in [0.29, 0.717) is 17.9 Å². The molecule has 142 valence electrons. The summed E-state index contributed by atoms with van der Waals surface area (Å²) < 4.78 is 7.70. The third-order valence-corrected chi connectivity index (χ3v) is 5.72. The molecule has 0 aromatic heterocycles. The average molecular weight is 599 g/mol.